The summed E-state index contributed by atoms with van der Waals surface area (Å²) < 4.78 is 5.34. The number of pyridine rings is 1. The van der Waals surface area contributed by atoms with Gasteiger partial charge in [-0.05, 0) is 41.6 Å². The number of carbonyl (C=O) groups excluding carboxylic acids is 3. The number of thioether (sulfide) groups is 1. The molecule has 1 N–H and O–H groups in total. The van der Waals surface area contributed by atoms with Crippen LogP contribution in [0.15, 0.2) is 59.8 Å². The van der Waals surface area contributed by atoms with Crippen LogP contribution in [0.5, 0.6) is 5.75 Å². The minimum absolute atomic E-state index is 0.103. The van der Waals surface area contributed by atoms with E-state index < -0.39 is 0 Å². The normalized spacial score (nSPS) is 15.3. The number of amides is 3. The van der Waals surface area contributed by atoms with Gasteiger partial charge in [-0.3, -0.25) is 24.3 Å². The number of hydrogen-bond donors (Lipinski definition) is 1. The van der Waals surface area contributed by atoms with Gasteiger partial charge < -0.3 is 10.1 Å². The lowest BCUT2D eigenvalue weighted by Gasteiger charge is -2.13. The van der Waals surface area contributed by atoms with Gasteiger partial charge in [-0.2, -0.15) is 0 Å². The number of carbonyl (C=O) groups is 3. The Bertz CT molecular complexity index is 856. The van der Waals surface area contributed by atoms with Gasteiger partial charge in [-0.25, -0.2) is 0 Å². The number of nitrogens with one attached hydrogen (secondary N) is 1. The van der Waals surface area contributed by atoms with E-state index >= 15 is 0 Å². The molecular weight excluding hydrogens is 366 g/mol. The van der Waals surface area contributed by atoms with Crippen molar-refractivity contribution in [2.24, 2.45) is 0 Å². The van der Waals surface area contributed by atoms with Crippen LogP contribution in [0.3, 0.4) is 0 Å². The van der Waals surface area contributed by atoms with Crippen LogP contribution in [0, 0.1) is 0 Å². The number of hydrogen-bond acceptors (Lipinski definition) is 6. The van der Waals surface area contributed by atoms with Crippen LogP contribution >= 0.6 is 11.8 Å². The van der Waals surface area contributed by atoms with Crippen LogP contribution in [0.4, 0.5) is 4.79 Å². The maximum absolute atomic E-state index is 12.4. The molecule has 7 nitrogen and oxygen atoms in total. The monoisotopic (exact) mass is 383 g/mol. The minimum atomic E-state index is -0.372. The lowest BCUT2D eigenvalue weighted by molar-refractivity contribution is -0.125. The molecule has 1 aromatic carbocycles. The second kappa shape index (κ2) is 9.00. The van der Waals surface area contributed by atoms with Crippen molar-refractivity contribution in [3.8, 4) is 5.75 Å². The van der Waals surface area contributed by atoms with E-state index in [4.69, 9.17) is 4.74 Å². The van der Waals surface area contributed by atoms with Crippen LogP contribution in [-0.2, 0) is 9.59 Å². The van der Waals surface area contributed by atoms with E-state index in [1.54, 1.807) is 42.7 Å². The van der Waals surface area contributed by atoms with Crippen molar-refractivity contribution in [1.82, 2.24) is 15.2 Å². The molecular formula is C19H17N3O4S. The van der Waals surface area contributed by atoms with Gasteiger partial charge in [0.15, 0.2) is 6.61 Å². The second-order valence-corrected chi connectivity index (χ2v) is 6.56. The Labute approximate surface area is 160 Å². The topological polar surface area (TPSA) is 88.6 Å². The van der Waals surface area contributed by atoms with Crippen LogP contribution in [0.25, 0.3) is 6.08 Å². The molecule has 138 valence electrons. The van der Waals surface area contributed by atoms with Crippen molar-refractivity contribution >= 4 is 34.9 Å². The lowest BCUT2D eigenvalue weighted by Crippen LogP contribution is -2.38. The first-order valence-corrected chi connectivity index (χ1v) is 9.05. The predicted octanol–water partition coefficient (Wildman–Crippen LogP) is 2.31. The van der Waals surface area contributed by atoms with E-state index in [9.17, 15) is 14.4 Å². The van der Waals surface area contributed by atoms with Crippen LogP contribution in [-0.4, -0.2) is 46.6 Å². The molecule has 0 radical (unpaired) electrons. The number of imide groups is 1. The average molecular weight is 383 g/mol. The number of ether oxygens (including phenoxy) is 1. The smallest absolute Gasteiger partial charge is 0.293 e. The highest BCUT2D eigenvalue weighted by Crippen LogP contribution is 2.31. The Morgan fingerprint density at radius 2 is 2.00 bits per heavy atom. The molecule has 3 amide bonds. The van der Waals surface area contributed by atoms with Gasteiger partial charge in [0.25, 0.3) is 17.1 Å². The molecule has 0 atom stereocenters. The van der Waals surface area contributed by atoms with E-state index in [0.717, 1.165) is 22.2 Å². The highest BCUT2D eigenvalue weighted by atomic mass is 32.2. The Morgan fingerprint density at radius 3 is 2.74 bits per heavy atom. The van der Waals surface area contributed by atoms with E-state index in [0.29, 0.717) is 10.7 Å². The highest BCUT2D eigenvalue weighted by Gasteiger charge is 2.34. The molecule has 8 heteroatoms. The van der Waals surface area contributed by atoms with Gasteiger partial charge in [-0.15, -0.1) is 0 Å². The zero-order valence-electron chi connectivity index (χ0n) is 14.3. The summed E-state index contributed by atoms with van der Waals surface area (Å²) in [6.45, 7) is 0.133. The SMILES string of the molecule is O=C(COc1ccccc1)NCCN1C(=O)S/C(=C/c2cccnc2)C1=O. The molecule has 2 aromatic rings. The second-order valence-electron chi connectivity index (χ2n) is 5.57. The quantitative estimate of drug-likeness (QED) is 0.738. The maximum Gasteiger partial charge on any atom is 0.293 e. The van der Waals surface area contributed by atoms with Crippen molar-refractivity contribution in [2.45, 2.75) is 0 Å². The van der Waals surface area contributed by atoms with Crippen molar-refractivity contribution in [1.29, 1.82) is 0 Å². The summed E-state index contributed by atoms with van der Waals surface area (Å²) in [5.41, 5.74) is 0.745. The van der Waals surface area contributed by atoms with Gasteiger partial charge >= 0.3 is 0 Å². The predicted molar refractivity (Wildman–Crippen MR) is 102 cm³/mol. The summed E-state index contributed by atoms with van der Waals surface area (Å²) >= 11 is 0.876. The number of benzene rings is 1. The minimum Gasteiger partial charge on any atom is -0.484 e. The number of nitrogens with zero attached hydrogens (tertiary/aromatic N) is 2. The summed E-state index contributed by atoms with van der Waals surface area (Å²) in [5.74, 6) is -0.0977. The standard InChI is InChI=1S/C19H17N3O4S/c23-17(13-26-15-6-2-1-3-7-15)21-9-10-22-18(24)16(27-19(22)25)11-14-5-4-8-20-12-14/h1-8,11-12H,9-10,13H2,(H,21,23)/b16-11+. The fraction of sp³-hybridized carbons (Fsp3) is 0.158. The average Bonchev–Trinajstić information content (AvgIpc) is 2.95. The van der Waals surface area contributed by atoms with Crippen molar-refractivity contribution < 1.29 is 19.1 Å². The van der Waals surface area contributed by atoms with Crippen molar-refractivity contribution in [2.75, 3.05) is 19.7 Å². The largest absolute Gasteiger partial charge is 0.484 e. The molecule has 0 unspecified atom stereocenters. The number of aromatic nitrogens is 1. The van der Waals surface area contributed by atoms with Gasteiger partial charge in [-0.1, -0.05) is 24.3 Å². The Kier molecular flexibility index (Phi) is 6.22. The van der Waals surface area contributed by atoms with Gasteiger partial charge in [0.1, 0.15) is 5.75 Å². The molecule has 0 saturated carbocycles. The van der Waals surface area contributed by atoms with Crippen molar-refractivity contribution in [3.05, 3.63) is 65.3 Å². The summed E-state index contributed by atoms with van der Waals surface area (Å²) in [7, 11) is 0. The Morgan fingerprint density at radius 1 is 1.19 bits per heavy atom. The highest BCUT2D eigenvalue weighted by molar-refractivity contribution is 8.18. The lowest BCUT2D eigenvalue weighted by atomic mass is 10.2. The van der Waals surface area contributed by atoms with E-state index in [-0.39, 0.29) is 36.7 Å². The third-order valence-electron chi connectivity index (χ3n) is 3.63. The Hall–Kier alpha value is -3.13. The first kappa shape index (κ1) is 18.7. The third kappa shape index (κ3) is 5.18. The first-order valence-electron chi connectivity index (χ1n) is 8.23. The first-order chi connectivity index (χ1) is 13.1. The summed E-state index contributed by atoms with van der Waals surface area (Å²) in [6.07, 6.45) is 4.87. The van der Waals surface area contributed by atoms with Crippen LogP contribution in [0.2, 0.25) is 0 Å². The van der Waals surface area contributed by atoms with E-state index in [1.165, 1.54) is 0 Å². The Balaban J connectivity index is 1.46. The number of para-hydroxylation sites is 1. The van der Waals surface area contributed by atoms with Crippen molar-refractivity contribution in [3.63, 3.8) is 0 Å². The molecule has 0 bridgehead atoms. The summed E-state index contributed by atoms with van der Waals surface area (Å²) in [5, 5.41) is 2.28. The van der Waals surface area contributed by atoms with E-state index in [2.05, 4.69) is 10.3 Å². The molecule has 1 aliphatic rings. The molecule has 27 heavy (non-hydrogen) atoms. The van der Waals surface area contributed by atoms with Crippen LogP contribution < -0.4 is 10.1 Å². The van der Waals surface area contributed by atoms with Crippen LogP contribution in [0.1, 0.15) is 5.56 Å². The van der Waals surface area contributed by atoms with E-state index in [1.807, 2.05) is 18.2 Å². The van der Waals surface area contributed by atoms with Gasteiger partial charge in [0, 0.05) is 25.5 Å². The molecule has 2 heterocycles. The fourth-order valence-electron chi connectivity index (χ4n) is 2.33. The zero-order valence-corrected chi connectivity index (χ0v) is 15.1. The fourth-order valence-corrected chi connectivity index (χ4v) is 3.19. The number of rotatable bonds is 7. The summed E-state index contributed by atoms with van der Waals surface area (Å²) in [6, 6.07) is 12.5. The molecule has 1 aromatic heterocycles. The molecule has 1 saturated heterocycles. The molecule has 0 aliphatic carbocycles. The summed E-state index contributed by atoms with van der Waals surface area (Å²) in [4.78, 5) is 41.7. The maximum atomic E-state index is 12.4. The third-order valence-corrected chi connectivity index (χ3v) is 4.53. The molecule has 3 rings (SSSR count). The molecule has 1 fully saturated rings. The molecule has 0 spiro atoms. The van der Waals surface area contributed by atoms with Gasteiger partial charge in [0.05, 0.1) is 4.91 Å². The zero-order chi connectivity index (χ0) is 19.1. The molecule has 1 aliphatic heterocycles. The van der Waals surface area contributed by atoms with Gasteiger partial charge in [0.2, 0.25) is 0 Å².